The molecule has 3 N–H and O–H groups in total. The molecule has 5 nitrogen and oxygen atoms in total. The predicted molar refractivity (Wildman–Crippen MR) is 57.9 cm³/mol. The lowest BCUT2D eigenvalue weighted by atomic mass is 10.1. The minimum absolute atomic E-state index is 0.283. The van der Waals surface area contributed by atoms with Gasteiger partial charge in [-0.2, -0.15) is 0 Å². The van der Waals surface area contributed by atoms with Crippen LogP contribution in [0.3, 0.4) is 0 Å². The quantitative estimate of drug-likeness (QED) is 0.686. The van der Waals surface area contributed by atoms with E-state index in [1.807, 2.05) is 0 Å². The average molecular weight is 235 g/mol. The summed E-state index contributed by atoms with van der Waals surface area (Å²) in [5.74, 6) is -1.10. The fourth-order valence-corrected chi connectivity index (χ4v) is 0.717. The van der Waals surface area contributed by atoms with E-state index in [-0.39, 0.29) is 6.54 Å². The predicted octanol–water partition coefficient (Wildman–Crippen LogP) is 1.29. The van der Waals surface area contributed by atoms with E-state index in [1.165, 1.54) is 19.4 Å². The molecule has 0 heterocycles. The molecule has 0 aliphatic rings. The van der Waals surface area contributed by atoms with Crippen LogP contribution in [-0.4, -0.2) is 29.2 Å². The number of rotatable bonds is 4. The fraction of sp³-hybridized carbons (Fsp3) is 0.556. The second kappa shape index (κ2) is 5.60. The monoisotopic (exact) mass is 234 g/mol. The lowest BCUT2D eigenvalue weighted by Crippen LogP contribution is -2.53. The van der Waals surface area contributed by atoms with E-state index >= 15 is 0 Å². The van der Waals surface area contributed by atoms with Gasteiger partial charge in [-0.05, 0) is 26.3 Å². The van der Waals surface area contributed by atoms with E-state index in [0.717, 1.165) is 5.57 Å². The first-order valence-corrected chi connectivity index (χ1v) is 4.78. The molecule has 86 valence electrons. The number of amides is 2. The van der Waals surface area contributed by atoms with Gasteiger partial charge in [-0.1, -0.05) is 11.6 Å². The second-order valence-corrected chi connectivity index (χ2v) is 3.91. The smallest absolute Gasteiger partial charge is 0.328 e. The van der Waals surface area contributed by atoms with Gasteiger partial charge in [0, 0.05) is 12.1 Å². The van der Waals surface area contributed by atoms with E-state index in [2.05, 4.69) is 10.6 Å². The van der Waals surface area contributed by atoms with Crippen molar-refractivity contribution in [2.75, 3.05) is 6.54 Å². The molecule has 0 aromatic heterocycles. The van der Waals surface area contributed by atoms with Gasteiger partial charge >= 0.3 is 12.0 Å². The van der Waals surface area contributed by atoms with Crippen molar-refractivity contribution in [3.8, 4) is 0 Å². The second-order valence-electron chi connectivity index (χ2n) is 3.69. The van der Waals surface area contributed by atoms with Crippen molar-refractivity contribution in [3.63, 3.8) is 0 Å². The Morgan fingerprint density at radius 2 is 2.00 bits per heavy atom. The van der Waals surface area contributed by atoms with Crippen molar-refractivity contribution in [2.45, 2.75) is 26.3 Å². The summed E-state index contributed by atoms with van der Waals surface area (Å²) in [4.78, 5) is 21.9. The van der Waals surface area contributed by atoms with Crippen LogP contribution in [0, 0.1) is 0 Å². The first kappa shape index (κ1) is 13.8. The molecule has 0 rings (SSSR count). The molecule has 6 heteroatoms. The van der Waals surface area contributed by atoms with Crippen molar-refractivity contribution in [1.82, 2.24) is 10.6 Å². The molecular weight excluding hydrogens is 220 g/mol. The van der Waals surface area contributed by atoms with Gasteiger partial charge in [-0.3, -0.25) is 0 Å². The Bertz CT molecular complexity index is 287. The zero-order valence-electron chi connectivity index (χ0n) is 8.93. The summed E-state index contributed by atoms with van der Waals surface area (Å²) in [7, 11) is 0. The Balaban J connectivity index is 4.10. The molecule has 0 unspecified atom stereocenters. The van der Waals surface area contributed by atoms with Crippen molar-refractivity contribution < 1.29 is 14.7 Å². The number of hydrogen-bond acceptors (Lipinski definition) is 2. The van der Waals surface area contributed by atoms with Crippen LogP contribution >= 0.6 is 11.6 Å². The highest BCUT2D eigenvalue weighted by atomic mass is 35.5. The molecular formula is C9H15ClN2O3. The average Bonchev–Trinajstić information content (AvgIpc) is 2.13. The number of carbonyl (C=O) groups is 2. The van der Waals surface area contributed by atoms with Gasteiger partial charge in [0.05, 0.1) is 0 Å². The maximum atomic E-state index is 11.2. The maximum Gasteiger partial charge on any atom is 0.328 e. The molecule has 2 amide bonds. The molecule has 0 aromatic rings. The first-order valence-electron chi connectivity index (χ1n) is 4.35. The Morgan fingerprint density at radius 3 is 2.40 bits per heavy atom. The number of aliphatic carboxylic acids is 1. The van der Waals surface area contributed by atoms with E-state index in [9.17, 15) is 9.59 Å². The summed E-state index contributed by atoms with van der Waals surface area (Å²) >= 11 is 5.39. The Kier molecular flexibility index (Phi) is 5.14. The summed E-state index contributed by atoms with van der Waals surface area (Å²) in [6, 6.07) is -0.541. The van der Waals surface area contributed by atoms with Gasteiger partial charge in [0.15, 0.2) is 0 Å². The van der Waals surface area contributed by atoms with Gasteiger partial charge in [0.2, 0.25) is 0 Å². The molecule has 0 aromatic carbocycles. The maximum absolute atomic E-state index is 11.2. The molecule has 0 saturated carbocycles. The van der Waals surface area contributed by atoms with Gasteiger partial charge < -0.3 is 15.7 Å². The number of halogens is 1. The number of urea groups is 1. The number of carboxylic acid groups (broad SMARTS) is 1. The van der Waals surface area contributed by atoms with Crippen LogP contribution in [0.5, 0.6) is 0 Å². The number of carbonyl (C=O) groups excluding carboxylic acids is 1. The molecule has 0 atom stereocenters. The highest BCUT2D eigenvalue weighted by Crippen LogP contribution is 2.01. The Labute approximate surface area is 93.5 Å². The van der Waals surface area contributed by atoms with Gasteiger partial charge in [0.1, 0.15) is 5.54 Å². The molecule has 0 aliphatic carbocycles. The standard InChI is InChI=1S/C9H15ClN2O3/c1-6(4-10)5-11-8(15)12-9(2,3)7(13)14/h4H,5H2,1-3H3,(H,13,14)(H2,11,12,15). The van der Waals surface area contributed by atoms with Crippen molar-refractivity contribution in [2.24, 2.45) is 0 Å². The van der Waals surface area contributed by atoms with Crippen LogP contribution in [0.1, 0.15) is 20.8 Å². The van der Waals surface area contributed by atoms with Crippen LogP contribution in [0.15, 0.2) is 11.1 Å². The lowest BCUT2D eigenvalue weighted by molar-refractivity contribution is -0.142. The van der Waals surface area contributed by atoms with Crippen LogP contribution in [-0.2, 0) is 4.79 Å². The Morgan fingerprint density at radius 1 is 1.47 bits per heavy atom. The zero-order valence-corrected chi connectivity index (χ0v) is 9.68. The number of nitrogens with one attached hydrogen (secondary N) is 2. The van der Waals surface area contributed by atoms with Crippen LogP contribution in [0.2, 0.25) is 0 Å². The molecule has 0 saturated heterocycles. The molecule has 15 heavy (non-hydrogen) atoms. The molecule has 0 radical (unpaired) electrons. The van der Waals surface area contributed by atoms with Crippen molar-refractivity contribution in [1.29, 1.82) is 0 Å². The zero-order chi connectivity index (χ0) is 12.1. The SMILES string of the molecule is CC(=CCl)CNC(=O)NC(C)(C)C(=O)O. The van der Waals surface area contributed by atoms with E-state index in [0.29, 0.717) is 0 Å². The largest absolute Gasteiger partial charge is 0.480 e. The molecule has 0 bridgehead atoms. The molecule has 0 spiro atoms. The van der Waals surface area contributed by atoms with Crippen LogP contribution < -0.4 is 10.6 Å². The Hall–Kier alpha value is -1.23. The third kappa shape index (κ3) is 5.27. The van der Waals surface area contributed by atoms with Gasteiger partial charge in [0.25, 0.3) is 0 Å². The van der Waals surface area contributed by atoms with Gasteiger partial charge in [-0.25, -0.2) is 9.59 Å². The van der Waals surface area contributed by atoms with E-state index < -0.39 is 17.5 Å². The van der Waals surface area contributed by atoms with E-state index in [4.69, 9.17) is 16.7 Å². The summed E-state index contributed by atoms with van der Waals surface area (Å²) in [5, 5.41) is 13.5. The number of hydrogen-bond donors (Lipinski definition) is 3. The molecule has 0 fully saturated rings. The minimum Gasteiger partial charge on any atom is -0.480 e. The first-order chi connectivity index (χ1) is 6.79. The van der Waals surface area contributed by atoms with Crippen LogP contribution in [0.4, 0.5) is 4.79 Å². The third-order valence-electron chi connectivity index (χ3n) is 1.67. The normalized spacial score (nSPS) is 12.1. The fourth-order valence-electron chi connectivity index (χ4n) is 0.640. The number of carboxylic acids is 1. The highest BCUT2D eigenvalue weighted by molar-refractivity contribution is 6.25. The minimum atomic E-state index is -1.29. The van der Waals surface area contributed by atoms with Crippen molar-refractivity contribution in [3.05, 3.63) is 11.1 Å². The lowest BCUT2D eigenvalue weighted by Gasteiger charge is -2.21. The topological polar surface area (TPSA) is 78.4 Å². The van der Waals surface area contributed by atoms with Crippen LogP contribution in [0.25, 0.3) is 0 Å². The summed E-state index contributed by atoms with van der Waals surface area (Å²) < 4.78 is 0. The summed E-state index contributed by atoms with van der Waals surface area (Å²) in [5.41, 5.74) is 0.839. The molecule has 0 aliphatic heterocycles. The highest BCUT2D eigenvalue weighted by Gasteiger charge is 2.28. The van der Waals surface area contributed by atoms with Crippen molar-refractivity contribution >= 4 is 23.6 Å². The van der Waals surface area contributed by atoms with E-state index in [1.54, 1.807) is 6.92 Å². The summed E-state index contributed by atoms with van der Waals surface area (Å²) in [6.45, 7) is 4.83. The summed E-state index contributed by atoms with van der Waals surface area (Å²) in [6.07, 6.45) is 0. The third-order valence-corrected chi connectivity index (χ3v) is 2.05. The van der Waals surface area contributed by atoms with Gasteiger partial charge in [-0.15, -0.1) is 0 Å².